The Hall–Kier alpha value is -2.62. The summed E-state index contributed by atoms with van der Waals surface area (Å²) in [5.74, 6) is -1.69. The van der Waals surface area contributed by atoms with Crippen LogP contribution in [0.5, 0.6) is 0 Å². The van der Waals surface area contributed by atoms with E-state index < -0.39 is 17.9 Å². The number of nitrogens with one attached hydrogen (secondary N) is 1. The molecular weight excluding hydrogens is 326 g/mol. The fraction of sp³-hybridized carbons (Fsp3) is 0.364. The molecule has 1 aliphatic carbocycles. The Morgan fingerprint density at radius 2 is 1.35 bits per heavy atom. The van der Waals surface area contributed by atoms with Crippen molar-refractivity contribution in [1.29, 1.82) is 0 Å². The Balaban J connectivity index is 1.86. The van der Waals surface area contributed by atoms with Crippen LogP contribution in [0.25, 0.3) is 0 Å². The topological polar surface area (TPSA) is 66.4 Å². The lowest BCUT2D eigenvalue weighted by Crippen LogP contribution is -2.48. The third-order valence-electron chi connectivity index (χ3n) is 5.21. The molecule has 1 amide bonds. The van der Waals surface area contributed by atoms with Crippen molar-refractivity contribution in [2.24, 2.45) is 5.92 Å². The van der Waals surface area contributed by atoms with Gasteiger partial charge in [-0.05, 0) is 29.9 Å². The van der Waals surface area contributed by atoms with Crippen LogP contribution in [0.2, 0.25) is 0 Å². The molecule has 4 heteroatoms. The predicted octanol–water partition coefficient (Wildman–Crippen LogP) is 3.97. The summed E-state index contributed by atoms with van der Waals surface area (Å²) in [5.41, 5.74) is 1.73. The molecule has 0 radical (unpaired) electrons. The molecule has 136 valence electrons. The molecule has 2 N–H and O–H groups in total. The molecule has 1 saturated carbocycles. The lowest BCUT2D eigenvalue weighted by Gasteiger charge is -2.29. The molecule has 1 atom stereocenters. The number of amides is 1. The van der Waals surface area contributed by atoms with Gasteiger partial charge in [-0.25, -0.2) is 4.79 Å². The summed E-state index contributed by atoms with van der Waals surface area (Å²) in [6, 6.07) is 18.2. The Morgan fingerprint density at radius 3 is 1.81 bits per heavy atom. The van der Waals surface area contributed by atoms with Gasteiger partial charge in [0.05, 0.1) is 5.92 Å². The van der Waals surface area contributed by atoms with Gasteiger partial charge in [0, 0.05) is 0 Å². The van der Waals surface area contributed by atoms with Crippen LogP contribution in [-0.2, 0) is 9.59 Å². The monoisotopic (exact) mass is 351 g/mol. The molecule has 0 spiro atoms. The second kappa shape index (κ2) is 8.65. The lowest BCUT2D eigenvalue weighted by atomic mass is 9.83. The van der Waals surface area contributed by atoms with Gasteiger partial charge >= 0.3 is 5.97 Å². The van der Waals surface area contributed by atoms with Gasteiger partial charge in [0.1, 0.15) is 6.04 Å². The van der Waals surface area contributed by atoms with Crippen molar-refractivity contribution in [1.82, 2.24) is 5.32 Å². The molecule has 0 bridgehead atoms. The molecule has 1 aliphatic rings. The fourth-order valence-corrected chi connectivity index (χ4v) is 3.87. The molecule has 0 aromatic heterocycles. The first-order chi connectivity index (χ1) is 12.7. The van der Waals surface area contributed by atoms with Crippen LogP contribution in [0.1, 0.15) is 49.1 Å². The van der Waals surface area contributed by atoms with E-state index in [1.807, 2.05) is 60.7 Å². The molecule has 0 unspecified atom stereocenters. The van der Waals surface area contributed by atoms with Crippen molar-refractivity contribution < 1.29 is 14.7 Å². The standard InChI is InChI=1S/C22H25NO3/c24-21(23-20(22(25)26)18-14-8-3-9-15-18)19(16-10-4-1-5-11-16)17-12-6-2-7-13-17/h1-2,4-7,10-13,18-20H,3,8-9,14-15H2,(H,23,24)(H,25,26)/t20-/m0/s1. The van der Waals surface area contributed by atoms with Crippen molar-refractivity contribution in [2.45, 2.75) is 44.1 Å². The maximum Gasteiger partial charge on any atom is 0.326 e. The number of carbonyl (C=O) groups is 2. The fourth-order valence-electron chi connectivity index (χ4n) is 3.87. The van der Waals surface area contributed by atoms with Crippen LogP contribution in [0, 0.1) is 5.92 Å². The first-order valence-electron chi connectivity index (χ1n) is 9.30. The minimum absolute atomic E-state index is 0.0115. The SMILES string of the molecule is O=C(N[C@H](C(=O)O)C1CCCCC1)C(c1ccccc1)c1ccccc1. The van der Waals surface area contributed by atoms with Crippen LogP contribution in [0.3, 0.4) is 0 Å². The number of benzene rings is 2. The largest absolute Gasteiger partial charge is 0.480 e. The first-order valence-corrected chi connectivity index (χ1v) is 9.30. The van der Waals surface area contributed by atoms with E-state index in [0.29, 0.717) is 0 Å². The Bertz CT molecular complexity index is 684. The maximum atomic E-state index is 13.1. The highest BCUT2D eigenvalue weighted by molar-refractivity contribution is 5.90. The summed E-state index contributed by atoms with van der Waals surface area (Å²) in [5, 5.41) is 12.5. The third kappa shape index (κ3) is 4.31. The number of carboxylic acid groups (broad SMARTS) is 1. The molecule has 26 heavy (non-hydrogen) atoms. The summed E-state index contributed by atoms with van der Waals surface area (Å²) in [6.45, 7) is 0. The lowest BCUT2D eigenvalue weighted by molar-refractivity contribution is -0.144. The number of rotatable bonds is 6. The minimum Gasteiger partial charge on any atom is -0.480 e. The van der Waals surface area contributed by atoms with Crippen molar-refractivity contribution in [2.75, 3.05) is 0 Å². The van der Waals surface area contributed by atoms with E-state index in [0.717, 1.165) is 43.2 Å². The summed E-state index contributed by atoms with van der Waals surface area (Å²) >= 11 is 0. The second-order valence-electron chi connectivity index (χ2n) is 6.98. The molecule has 0 saturated heterocycles. The smallest absolute Gasteiger partial charge is 0.326 e. The van der Waals surface area contributed by atoms with Crippen molar-refractivity contribution >= 4 is 11.9 Å². The number of carboxylic acids is 1. The van der Waals surface area contributed by atoms with Gasteiger partial charge in [-0.1, -0.05) is 79.9 Å². The highest BCUT2D eigenvalue weighted by Gasteiger charge is 2.33. The number of hydrogen-bond donors (Lipinski definition) is 2. The van der Waals surface area contributed by atoms with Crippen molar-refractivity contribution in [3.8, 4) is 0 Å². The first kappa shape index (κ1) is 18.2. The molecule has 0 heterocycles. The van der Waals surface area contributed by atoms with Crippen molar-refractivity contribution in [3.63, 3.8) is 0 Å². The normalized spacial score (nSPS) is 16.2. The van der Waals surface area contributed by atoms with E-state index in [1.165, 1.54) is 0 Å². The second-order valence-corrected chi connectivity index (χ2v) is 6.98. The molecule has 2 aromatic rings. The van der Waals surface area contributed by atoms with Gasteiger partial charge in [0.2, 0.25) is 5.91 Å². The minimum atomic E-state index is -0.940. The molecular formula is C22H25NO3. The van der Waals surface area contributed by atoms with Crippen LogP contribution < -0.4 is 5.32 Å². The van der Waals surface area contributed by atoms with Gasteiger partial charge < -0.3 is 10.4 Å². The van der Waals surface area contributed by atoms with Crippen LogP contribution in [0.4, 0.5) is 0 Å². The summed E-state index contributed by atoms with van der Waals surface area (Å²) in [4.78, 5) is 24.9. The Kier molecular flexibility index (Phi) is 6.05. The zero-order valence-electron chi connectivity index (χ0n) is 14.8. The quantitative estimate of drug-likeness (QED) is 0.827. The van der Waals surface area contributed by atoms with E-state index >= 15 is 0 Å². The van der Waals surface area contributed by atoms with Crippen molar-refractivity contribution in [3.05, 3.63) is 71.8 Å². The summed E-state index contributed by atoms with van der Waals surface area (Å²) in [6.07, 6.45) is 4.93. The number of carbonyl (C=O) groups excluding carboxylic acids is 1. The molecule has 0 aliphatic heterocycles. The van der Waals surface area contributed by atoms with Gasteiger partial charge in [-0.15, -0.1) is 0 Å². The van der Waals surface area contributed by atoms with E-state index in [2.05, 4.69) is 5.32 Å². The van der Waals surface area contributed by atoms with Crippen LogP contribution in [0.15, 0.2) is 60.7 Å². The zero-order chi connectivity index (χ0) is 18.4. The van der Waals surface area contributed by atoms with Gasteiger partial charge in [-0.3, -0.25) is 4.79 Å². The summed E-state index contributed by atoms with van der Waals surface area (Å²) < 4.78 is 0. The van der Waals surface area contributed by atoms with E-state index in [4.69, 9.17) is 0 Å². The third-order valence-corrected chi connectivity index (χ3v) is 5.21. The molecule has 1 fully saturated rings. The van der Waals surface area contributed by atoms with Gasteiger partial charge in [-0.2, -0.15) is 0 Å². The van der Waals surface area contributed by atoms with E-state index in [9.17, 15) is 14.7 Å². The highest BCUT2D eigenvalue weighted by Crippen LogP contribution is 2.29. The molecule has 2 aromatic carbocycles. The average molecular weight is 351 g/mol. The number of hydrogen-bond acceptors (Lipinski definition) is 2. The van der Waals surface area contributed by atoms with Gasteiger partial charge in [0.15, 0.2) is 0 Å². The average Bonchev–Trinajstić information content (AvgIpc) is 2.68. The predicted molar refractivity (Wildman–Crippen MR) is 101 cm³/mol. The summed E-state index contributed by atoms with van der Waals surface area (Å²) in [7, 11) is 0. The van der Waals surface area contributed by atoms with Crippen LogP contribution >= 0.6 is 0 Å². The highest BCUT2D eigenvalue weighted by atomic mass is 16.4. The zero-order valence-corrected chi connectivity index (χ0v) is 14.8. The Morgan fingerprint density at radius 1 is 0.846 bits per heavy atom. The van der Waals surface area contributed by atoms with Gasteiger partial charge in [0.25, 0.3) is 0 Å². The Labute approximate surface area is 154 Å². The van der Waals surface area contributed by atoms with E-state index in [-0.39, 0.29) is 11.8 Å². The van der Waals surface area contributed by atoms with Crippen LogP contribution in [-0.4, -0.2) is 23.0 Å². The van der Waals surface area contributed by atoms with E-state index in [1.54, 1.807) is 0 Å². The molecule has 3 rings (SSSR count). The maximum absolute atomic E-state index is 13.1. The number of aliphatic carboxylic acids is 1. The molecule has 4 nitrogen and oxygen atoms in total.